The number of amides is 1. The summed E-state index contributed by atoms with van der Waals surface area (Å²) in [5, 5.41) is 0.0595. The fourth-order valence-electron chi connectivity index (χ4n) is 1.79. The van der Waals surface area contributed by atoms with Crippen molar-refractivity contribution in [2.24, 2.45) is 5.92 Å². The molecule has 1 heterocycles. The second-order valence-electron chi connectivity index (χ2n) is 3.83. The van der Waals surface area contributed by atoms with E-state index in [1.54, 1.807) is 11.0 Å². The molecule has 0 N–H and O–H groups in total. The lowest BCUT2D eigenvalue weighted by Gasteiger charge is -2.16. The van der Waals surface area contributed by atoms with Crippen molar-refractivity contribution in [2.75, 3.05) is 17.3 Å². The van der Waals surface area contributed by atoms with Crippen LogP contribution in [-0.2, 0) is 4.79 Å². The Bertz CT molecular complexity index is 424. The van der Waals surface area contributed by atoms with Crippen LogP contribution in [-0.4, -0.2) is 18.3 Å². The van der Waals surface area contributed by atoms with Gasteiger partial charge in [0.05, 0.1) is 5.02 Å². The summed E-state index contributed by atoms with van der Waals surface area (Å²) in [6, 6.07) is 4.37. The first kappa shape index (κ1) is 11.7. The van der Waals surface area contributed by atoms with Crippen LogP contribution in [0.1, 0.15) is 6.42 Å². The molecule has 0 bridgehead atoms. The van der Waals surface area contributed by atoms with Gasteiger partial charge in [-0.15, -0.1) is 11.6 Å². The predicted octanol–water partition coefficient (Wildman–Crippen LogP) is 3.07. The quantitative estimate of drug-likeness (QED) is 0.750. The van der Waals surface area contributed by atoms with Crippen molar-refractivity contribution in [2.45, 2.75) is 6.42 Å². The molecule has 1 aromatic carbocycles. The third kappa shape index (κ3) is 2.15. The molecule has 86 valence electrons. The van der Waals surface area contributed by atoms with Gasteiger partial charge in [0.25, 0.3) is 0 Å². The average Bonchev–Trinajstić information content (AvgIpc) is 2.64. The van der Waals surface area contributed by atoms with Gasteiger partial charge in [-0.1, -0.05) is 11.6 Å². The van der Waals surface area contributed by atoms with Crippen LogP contribution in [0.2, 0.25) is 5.02 Å². The largest absolute Gasteiger partial charge is 0.312 e. The number of alkyl halides is 1. The molecule has 16 heavy (non-hydrogen) atoms. The lowest BCUT2D eigenvalue weighted by Crippen LogP contribution is -2.24. The molecule has 1 aromatic rings. The summed E-state index contributed by atoms with van der Waals surface area (Å²) in [6.45, 7) is 0.545. The molecule has 1 aliphatic heterocycles. The number of rotatable bonds is 2. The van der Waals surface area contributed by atoms with Crippen LogP contribution in [0.5, 0.6) is 0 Å². The van der Waals surface area contributed by atoms with E-state index in [0.717, 1.165) is 0 Å². The number of benzene rings is 1. The van der Waals surface area contributed by atoms with Crippen LogP contribution in [0.4, 0.5) is 10.1 Å². The molecule has 1 atom stereocenters. The highest BCUT2D eigenvalue weighted by Crippen LogP contribution is 2.28. The molecule has 1 unspecified atom stereocenters. The first-order chi connectivity index (χ1) is 7.61. The number of carbonyl (C=O) groups excluding carboxylic acids is 1. The monoisotopic (exact) mass is 261 g/mol. The van der Waals surface area contributed by atoms with E-state index in [-0.39, 0.29) is 16.8 Å². The minimum atomic E-state index is -0.513. The van der Waals surface area contributed by atoms with E-state index >= 15 is 0 Å². The molecule has 0 saturated carbocycles. The molecule has 2 rings (SSSR count). The Morgan fingerprint density at radius 3 is 2.81 bits per heavy atom. The van der Waals surface area contributed by atoms with Crippen molar-refractivity contribution in [3.05, 3.63) is 29.0 Å². The second kappa shape index (κ2) is 4.60. The maximum Gasteiger partial charge on any atom is 0.227 e. The summed E-state index contributed by atoms with van der Waals surface area (Å²) in [5.41, 5.74) is 0.541. The van der Waals surface area contributed by atoms with E-state index in [2.05, 4.69) is 0 Å². The fraction of sp³-hybridized carbons (Fsp3) is 0.364. The lowest BCUT2D eigenvalue weighted by molar-refractivity contribution is -0.117. The van der Waals surface area contributed by atoms with Gasteiger partial charge in [0, 0.05) is 24.5 Å². The molecule has 1 aliphatic rings. The Labute approximate surface area is 103 Å². The van der Waals surface area contributed by atoms with Gasteiger partial charge in [0.2, 0.25) is 5.91 Å². The second-order valence-corrected chi connectivity index (χ2v) is 4.54. The highest BCUT2D eigenvalue weighted by Gasteiger charge is 2.30. The van der Waals surface area contributed by atoms with Gasteiger partial charge in [-0.05, 0) is 24.1 Å². The van der Waals surface area contributed by atoms with Crippen molar-refractivity contribution in [3.8, 4) is 0 Å². The van der Waals surface area contributed by atoms with Crippen molar-refractivity contribution in [1.82, 2.24) is 0 Å². The van der Waals surface area contributed by atoms with E-state index in [4.69, 9.17) is 23.2 Å². The highest BCUT2D eigenvalue weighted by molar-refractivity contribution is 6.30. The number of carbonyl (C=O) groups is 1. The third-order valence-corrected chi connectivity index (χ3v) is 3.38. The van der Waals surface area contributed by atoms with Crippen LogP contribution >= 0.6 is 23.2 Å². The molecule has 2 nitrogen and oxygen atoms in total. The summed E-state index contributed by atoms with van der Waals surface area (Å²) in [6.07, 6.45) is 0.424. The lowest BCUT2D eigenvalue weighted by atomic mass is 10.1. The molecule has 1 amide bonds. The van der Waals surface area contributed by atoms with Gasteiger partial charge >= 0.3 is 0 Å². The zero-order valence-electron chi connectivity index (χ0n) is 8.42. The fourth-order valence-corrected chi connectivity index (χ4v) is 2.11. The van der Waals surface area contributed by atoms with Gasteiger partial charge < -0.3 is 4.90 Å². The third-order valence-electron chi connectivity index (χ3n) is 2.64. The standard InChI is InChI=1S/C11H10Cl2FNO/c12-5-7-3-11(16)15(6-7)8-1-2-9(13)10(14)4-8/h1-2,4,7H,3,5-6H2. The van der Waals surface area contributed by atoms with Crippen LogP contribution in [0.25, 0.3) is 0 Å². The number of hydrogen-bond donors (Lipinski definition) is 0. The summed E-state index contributed by atoms with van der Waals surface area (Å²) in [7, 11) is 0. The molecule has 0 aromatic heterocycles. The van der Waals surface area contributed by atoms with Gasteiger partial charge in [0.15, 0.2) is 0 Å². The summed E-state index contributed by atoms with van der Waals surface area (Å²) >= 11 is 11.3. The molecule has 0 spiro atoms. The van der Waals surface area contributed by atoms with Crippen LogP contribution < -0.4 is 4.90 Å². The number of anilines is 1. The van der Waals surface area contributed by atoms with Gasteiger partial charge in [0.1, 0.15) is 5.82 Å². The van der Waals surface area contributed by atoms with Gasteiger partial charge in [-0.25, -0.2) is 4.39 Å². The summed E-state index contributed by atoms with van der Waals surface area (Å²) in [4.78, 5) is 13.2. The molecular formula is C11H10Cl2FNO. The highest BCUT2D eigenvalue weighted by atomic mass is 35.5. The van der Waals surface area contributed by atoms with Crippen molar-refractivity contribution in [3.63, 3.8) is 0 Å². The van der Waals surface area contributed by atoms with E-state index in [0.29, 0.717) is 24.5 Å². The maximum atomic E-state index is 13.2. The van der Waals surface area contributed by atoms with Crippen molar-refractivity contribution < 1.29 is 9.18 Å². The van der Waals surface area contributed by atoms with Crippen LogP contribution in [0.3, 0.4) is 0 Å². The first-order valence-corrected chi connectivity index (χ1v) is 5.84. The molecule has 0 radical (unpaired) electrons. The number of nitrogens with zero attached hydrogens (tertiary/aromatic N) is 1. The minimum Gasteiger partial charge on any atom is -0.312 e. The van der Waals surface area contributed by atoms with E-state index < -0.39 is 5.82 Å². The Morgan fingerprint density at radius 2 is 2.25 bits per heavy atom. The molecular weight excluding hydrogens is 252 g/mol. The molecule has 1 saturated heterocycles. The molecule has 5 heteroatoms. The van der Waals surface area contributed by atoms with Crippen molar-refractivity contribution in [1.29, 1.82) is 0 Å². The summed E-state index contributed by atoms with van der Waals surface area (Å²) in [5.74, 6) is 0.0553. The smallest absolute Gasteiger partial charge is 0.227 e. The Morgan fingerprint density at radius 1 is 1.50 bits per heavy atom. The average molecular weight is 262 g/mol. The zero-order chi connectivity index (χ0) is 11.7. The Balaban J connectivity index is 2.24. The normalized spacial score (nSPS) is 20.6. The van der Waals surface area contributed by atoms with Gasteiger partial charge in [-0.3, -0.25) is 4.79 Å². The predicted molar refractivity (Wildman–Crippen MR) is 62.6 cm³/mol. The van der Waals surface area contributed by atoms with Crippen molar-refractivity contribution >= 4 is 34.8 Å². The van der Waals surface area contributed by atoms with Crippen LogP contribution in [0, 0.1) is 11.7 Å². The summed E-state index contributed by atoms with van der Waals surface area (Å²) < 4.78 is 13.2. The van der Waals surface area contributed by atoms with Crippen LogP contribution in [0.15, 0.2) is 18.2 Å². The van der Waals surface area contributed by atoms with Gasteiger partial charge in [-0.2, -0.15) is 0 Å². The Hall–Kier alpha value is -0.800. The zero-order valence-corrected chi connectivity index (χ0v) is 9.93. The Kier molecular flexibility index (Phi) is 3.36. The molecule has 1 fully saturated rings. The topological polar surface area (TPSA) is 20.3 Å². The number of hydrogen-bond acceptors (Lipinski definition) is 1. The first-order valence-electron chi connectivity index (χ1n) is 4.93. The maximum absolute atomic E-state index is 13.2. The number of halogens is 3. The SMILES string of the molecule is O=C1CC(CCl)CN1c1ccc(Cl)c(F)c1. The van der Waals surface area contributed by atoms with E-state index in [9.17, 15) is 9.18 Å². The molecule has 0 aliphatic carbocycles. The van der Waals surface area contributed by atoms with E-state index in [1.165, 1.54) is 12.1 Å². The van der Waals surface area contributed by atoms with E-state index in [1.807, 2.05) is 0 Å². The minimum absolute atomic E-state index is 0.0210.